The molecule has 0 aliphatic carbocycles. The van der Waals surface area contributed by atoms with Crippen LogP contribution < -0.4 is 10.6 Å². The molecule has 0 bridgehead atoms. The summed E-state index contributed by atoms with van der Waals surface area (Å²) in [7, 11) is 3.46. The van der Waals surface area contributed by atoms with Crippen LogP contribution in [-0.2, 0) is 11.3 Å². The molecule has 0 aromatic heterocycles. The van der Waals surface area contributed by atoms with E-state index in [1.807, 2.05) is 13.0 Å². The lowest BCUT2D eigenvalue weighted by Crippen LogP contribution is -2.39. The van der Waals surface area contributed by atoms with Gasteiger partial charge in [0.25, 0.3) is 0 Å². The van der Waals surface area contributed by atoms with E-state index in [0.29, 0.717) is 31.0 Å². The summed E-state index contributed by atoms with van der Waals surface area (Å²) < 4.78 is 13.5. The molecule has 0 saturated carbocycles. The van der Waals surface area contributed by atoms with Crippen LogP contribution in [0.15, 0.2) is 23.2 Å². The molecule has 1 aromatic carbocycles. The van der Waals surface area contributed by atoms with E-state index >= 15 is 0 Å². The molecule has 0 atom stereocenters. The number of benzene rings is 1. The Bertz CT molecular complexity index is 529. The summed E-state index contributed by atoms with van der Waals surface area (Å²) in [5, 5.41) is 6.20. The van der Waals surface area contributed by atoms with Crippen LogP contribution in [0.4, 0.5) is 4.39 Å². The number of hydrogen-bond donors (Lipinski definition) is 2. The number of carbonyl (C=O) groups is 1. The van der Waals surface area contributed by atoms with Gasteiger partial charge in [-0.2, -0.15) is 0 Å². The molecule has 1 aromatic rings. The van der Waals surface area contributed by atoms with Crippen LogP contribution in [0.1, 0.15) is 24.5 Å². The summed E-state index contributed by atoms with van der Waals surface area (Å²) in [5.41, 5.74) is 1.43. The van der Waals surface area contributed by atoms with E-state index in [2.05, 4.69) is 15.6 Å². The Labute approximate surface area is 131 Å². The summed E-state index contributed by atoms with van der Waals surface area (Å²) in [6.07, 6.45) is 0.399. The maximum absolute atomic E-state index is 13.5. The Morgan fingerprint density at radius 2 is 2.05 bits per heavy atom. The van der Waals surface area contributed by atoms with E-state index < -0.39 is 0 Å². The number of aliphatic imine (C=N–C) groups is 1. The molecule has 0 spiro atoms. The van der Waals surface area contributed by atoms with Crippen LogP contribution >= 0.6 is 0 Å². The predicted molar refractivity (Wildman–Crippen MR) is 87.3 cm³/mol. The number of nitrogens with zero attached hydrogens (tertiary/aromatic N) is 2. The Kier molecular flexibility index (Phi) is 7.36. The van der Waals surface area contributed by atoms with E-state index in [-0.39, 0.29) is 11.7 Å². The van der Waals surface area contributed by atoms with Crippen molar-refractivity contribution >= 4 is 11.9 Å². The number of nitrogens with one attached hydrogen (secondary N) is 2. The minimum Gasteiger partial charge on any atom is -0.357 e. The zero-order chi connectivity index (χ0) is 16.5. The molecule has 1 amide bonds. The third-order valence-electron chi connectivity index (χ3n) is 3.13. The van der Waals surface area contributed by atoms with Gasteiger partial charge in [-0.1, -0.05) is 12.1 Å². The molecule has 0 aliphatic heterocycles. The highest BCUT2D eigenvalue weighted by molar-refractivity contribution is 5.81. The number of rotatable bonds is 6. The number of carbonyl (C=O) groups excluding carboxylic acids is 1. The topological polar surface area (TPSA) is 56.7 Å². The third-order valence-corrected chi connectivity index (χ3v) is 3.13. The molecule has 0 saturated heterocycles. The summed E-state index contributed by atoms with van der Waals surface area (Å²) in [5.74, 6) is 0.459. The highest BCUT2D eigenvalue weighted by Crippen LogP contribution is 2.09. The van der Waals surface area contributed by atoms with Crippen LogP contribution in [0.25, 0.3) is 0 Å². The largest absolute Gasteiger partial charge is 0.357 e. The van der Waals surface area contributed by atoms with Gasteiger partial charge in [0.2, 0.25) is 5.91 Å². The van der Waals surface area contributed by atoms with E-state index in [4.69, 9.17) is 0 Å². The summed E-state index contributed by atoms with van der Waals surface area (Å²) >= 11 is 0. The SMILES string of the molecule is CCNC(=NCc1ccc(C)c(F)c1)NCCC(=O)N(C)C. The number of guanidine groups is 1. The van der Waals surface area contributed by atoms with Crippen molar-refractivity contribution in [2.75, 3.05) is 27.2 Å². The zero-order valence-corrected chi connectivity index (χ0v) is 13.7. The maximum atomic E-state index is 13.5. The van der Waals surface area contributed by atoms with Crippen molar-refractivity contribution in [3.05, 3.63) is 35.1 Å². The van der Waals surface area contributed by atoms with Crippen LogP contribution in [0.2, 0.25) is 0 Å². The van der Waals surface area contributed by atoms with Crippen molar-refractivity contribution < 1.29 is 9.18 Å². The Morgan fingerprint density at radius 1 is 1.32 bits per heavy atom. The first kappa shape index (κ1) is 17.9. The monoisotopic (exact) mass is 308 g/mol. The van der Waals surface area contributed by atoms with E-state index in [9.17, 15) is 9.18 Å². The first-order chi connectivity index (χ1) is 10.4. The van der Waals surface area contributed by atoms with Crippen LogP contribution in [0, 0.1) is 12.7 Å². The minimum atomic E-state index is -0.220. The summed E-state index contributed by atoms with van der Waals surface area (Å²) in [6, 6.07) is 5.11. The molecule has 22 heavy (non-hydrogen) atoms. The van der Waals surface area contributed by atoms with Crippen LogP contribution in [-0.4, -0.2) is 44.0 Å². The lowest BCUT2D eigenvalue weighted by molar-refractivity contribution is -0.128. The lowest BCUT2D eigenvalue weighted by atomic mass is 10.1. The van der Waals surface area contributed by atoms with Gasteiger partial charge >= 0.3 is 0 Å². The van der Waals surface area contributed by atoms with Gasteiger partial charge in [-0.05, 0) is 31.0 Å². The third kappa shape index (κ3) is 6.11. The van der Waals surface area contributed by atoms with Gasteiger partial charge in [0.15, 0.2) is 5.96 Å². The smallest absolute Gasteiger partial charge is 0.223 e. The van der Waals surface area contributed by atoms with Crippen molar-refractivity contribution in [1.82, 2.24) is 15.5 Å². The van der Waals surface area contributed by atoms with Gasteiger partial charge < -0.3 is 15.5 Å². The molecule has 0 heterocycles. The molecular weight excluding hydrogens is 283 g/mol. The first-order valence-corrected chi connectivity index (χ1v) is 7.41. The van der Waals surface area contributed by atoms with Crippen molar-refractivity contribution in [1.29, 1.82) is 0 Å². The highest BCUT2D eigenvalue weighted by Gasteiger charge is 2.04. The fourth-order valence-electron chi connectivity index (χ4n) is 1.76. The van der Waals surface area contributed by atoms with E-state index in [1.54, 1.807) is 32.0 Å². The lowest BCUT2D eigenvalue weighted by Gasteiger charge is -2.13. The molecule has 0 aliphatic rings. The second-order valence-electron chi connectivity index (χ2n) is 5.24. The highest BCUT2D eigenvalue weighted by atomic mass is 19.1. The molecule has 5 nitrogen and oxygen atoms in total. The summed E-state index contributed by atoms with van der Waals surface area (Å²) in [6.45, 7) is 5.30. The molecule has 6 heteroatoms. The number of aryl methyl sites for hydroxylation is 1. The van der Waals surface area contributed by atoms with Gasteiger partial charge in [0.1, 0.15) is 5.82 Å². The fraction of sp³-hybridized carbons (Fsp3) is 0.500. The molecule has 2 N–H and O–H groups in total. The Morgan fingerprint density at radius 3 is 2.64 bits per heavy atom. The molecule has 0 unspecified atom stereocenters. The van der Waals surface area contributed by atoms with Gasteiger partial charge in [-0.25, -0.2) is 9.38 Å². The van der Waals surface area contributed by atoms with Crippen molar-refractivity contribution in [3.63, 3.8) is 0 Å². The van der Waals surface area contributed by atoms with Crippen molar-refractivity contribution in [2.45, 2.75) is 26.8 Å². The zero-order valence-electron chi connectivity index (χ0n) is 13.7. The molecule has 0 fully saturated rings. The second kappa shape index (κ2) is 9.02. The van der Waals surface area contributed by atoms with Gasteiger partial charge in [0.05, 0.1) is 6.54 Å². The standard InChI is InChI=1S/C16H25FN4O/c1-5-18-16(19-9-8-15(22)21(3)4)20-11-13-7-6-12(2)14(17)10-13/h6-7,10H,5,8-9,11H2,1-4H3,(H2,18,19,20). The maximum Gasteiger partial charge on any atom is 0.223 e. The predicted octanol–water partition coefficient (Wildman–Crippen LogP) is 1.67. The van der Waals surface area contributed by atoms with E-state index in [1.165, 1.54) is 6.07 Å². The minimum absolute atomic E-state index is 0.0592. The summed E-state index contributed by atoms with van der Waals surface area (Å²) in [4.78, 5) is 17.5. The number of halogens is 1. The van der Waals surface area contributed by atoms with Crippen molar-refractivity contribution in [3.8, 4) is 0 Å². The second-order valence-corrected chi connectivity index (χ2v) is 5.24. The molecule has 1 rings (SSSR count). The fourth-order valence-corrected chi connectivity index (χ4v) is 1.76. The molecule has 122 valence electrons. The van der Waals surface area contributed by atoms with Crippen LogP contribution in [0.5, 0.6) is 0 Å². The average molecular weight is 308 g/mol. The quantitative estimate of drug-likeness (QED) is 0.621. The Balaban J connectivity index is 2.57. The first-order valence-electron chi connectivity index (χ1n) is 7.41. The Hall–Kier alpha value is -2.11. The normalized spacial score (nSPS) is 11.2. The molecular formula is C16H25FN4O. The van der Waals surface area contributed by atoms with Crippen molar-refractivity contribution in [2.24, 2.45) is 4.99 Å². The molecule has 0 radical (unpaired) electrons. The number of hydrogen-bond acceptors (Lipinski definition) is 2. The number of amides is 1. The van der Waals surface area contributed by atoms with Gasteiger partial charge in [-0.15, -0.1) is 0 Å². The van der Waals surface area contributed by atoms with Gasteiger partial charge in [-0.3, -0.25) is 4.79 Å². The van der Waals surface area contributed by atoms with E-state index in [0.717, 1.165) is 12.1 Å². The van der Waals surface area contributed by atoms with Crippen LogP contribution in [0.3, 0.4) is 0 Å². The average Bonchev–Trinajstić information content (AvgIpc) is 2.47. The van der Waals surface area contributed by atoms with Gasteiger partial charge in [0, 0.05) is 33.6 Å².